The second-order valence-corrected chi connectivity index (χ2v) is 8.78. The lowest BCUT2D eigenvalue weighted by Crippen LogP contribution is -2.42. The molecule has 1 aromatic rings. The molecule has 1 aromatic carbocycles. The van der Waals surface area contributed by atoms with Gasteiger partial charge in [0.15, 0.2) is 0 Å². The van der Waals surface area contributed by atoms with Gasteiger partial charge >= 0.3 is 6.18 Å². The highest BCUT2D eigenvalue weighted by Crippen LogP contribution is 2.38. The van der Waals surface area contributed by atoms with Gasteiger partial charge in [-0.25, -0.2) is 8.42 Å². The fourth-order valence-electron chi connectivity index (χ4n) is 3.62. The zero-order valence-electron chi connectivity index (χ0n) is 14.5. The van der Waals surface area contributed by atoms with Crippen LogP contribution >= 0.6 is 0 Å². The lowest BCUT2D eigenvalue weighted by molar-refractivity contribution is -0.384. The van der Waals surface area contributed by atoms with Gasteiger partial charge in [-0.3, -0.25) is 10.1 Å². The van der Waals surface area contributed by atoms with Gasteiger partial charge in [0.05, 0.1) is 15.7 Å². The van der Waals surface area contributed by atoms with Crippen molar-refractivity contribution in [2.45, 2.75) is 36.8 Å². The van der Waals surface area contributed by atoms with Crippen LogP contribution in [0.25, 0.3) is 0 Å². The van der Waals surface area contributed by atoms with Crippen molar-refractivity contribution in [3.8, 4) is 0 Å². The first kappa shape index (κ1) is 19.9. The van der Waals surface area contributed by atoms with Gasteiger partial charge < -0.3 is 4.90 Å². The standard InChI is InChI=1S/C16H20F3N3O4S/c17-16(18,19)12-4-3-7-20(11-12)14-6-5-13(10-15(14)22(23)24)27(25,26)21-8-1-2-9-21/h5-6,10,12H,1-4,7-9,11H2. The van der Waals surface area contributed by atoms with Gasteiger partial charge in [0.2, 0.25) is 10.0 Å². The fraction of sp³-hybridized carbons (Fsp3) is 0.625. The Balaban J connectivity index is 1.94. The first-order valence-corrected chi connectivity index (χ1v) is 10.1. The molecule has 11 heteroatoms. The molecule has 0 N–H and O–H groups in total. The zero-order valence-corrected chi connectivity index (χ0v) is 15.3. The van der Waals surface area contributed by atoms with E-state index < -0.39 is 32.7 Å². The second-order valence-electron chi connectivity index (χ2n) is 6.85. The van der Waals surface area contributed by atoms with E-state index >= 15 is 0 Å². The highest BCUT2D eigenvalue weighted by Gasteiger charge is 2.42. The van der Waals surface area contributed by atoms with Crippen molar-refractivity contribution in [2.24, 2.45) is 5.92 Å². The molecule has 0 radical (unpaired) electrons. The molecule has 0 bridgehead atoms. The quantitative estimate of drug-likeness (QED) is 0.566. The maximum Gasteiger partial charge on any atom is 0.393 e. The van der Waals surface area contributed by atoms with E-state index in [-0.39, 0.29) is 36.5 Å². The van der Waals surface area contributed by atoms with Crippen molar-refractivity contribution in [3.05, 3.63) is 28.3 Å². The Hall–Kier alpha value is -1.88. The molecule has 27 heavy (non-hydrogen) atoms. The van der Waals surface area contributed by atoms with Crippen molar-refractivity contribution in [2.75, 3.05) is 31.1 Å². The molecule has 2 heterocycles. The molecule has 2 saturated heterocycles. The number of sulfonamides is 1. The Morgan fingerprint density at radius 2 is 1.78 bits per heavy atom. The summed E-state index contributed by atoms with van der Waals surface area (Å²) in [6, 6.07) is 3.45. The zero-order chi connectivity index (χ0) is 19.8. The number of nitrogens with zero attached hydrogens (tertiary/aromatic N) is 3. The van der Waals surface area contributed by atoms with Gasteiger partial charge in [0.25, 0.3) is 5.69 Å². The SMILES string of the molecule is O=[N+]([O-])c1cc(S(=O)(=O)N2CCCC2)ccc1N1CCCC(C(F)(F)F)C1. The smallest absolute Gasteiger partial charge is 0.365 e. The predicted molar refractivity (Wildman–Crippen MR) is 92.1 cm³/mol. The molecule has 0 aliphatic carbocycles. The first-order chi connectivity index (χ1) is 12.6. The monoisotopic (exact) mass is 407 g/mol. The van der Waals surface area contributed by atoms with E-state index in [0.29, 0.717) is 13.1 Å². The number of rotatable bonds is 4. The molecule has 7 nitrogen and oxygen atoms in total. The van der Waals surface area contributed by atoms with Crippen LogP contribution in [0.2, 0.25) is 0 Å². The Morgan fingerprint density at radius 1 is 1.11 bits per heavy atom. The van der Waals surface area contributed by atoms with Crippen molar-refractivity contribution >= 4 is 21.4 Å². The number of hydrogen-bond donors (Lipinski definition) is 0. The largest absolute Gasteiger partial charge is 0.393 e. The maximum atomic E-state index is 13.0. The number of anilines is 1. The summed E-state index contributed by atoms with van der Waals surface area (Å²) in [5, 5.41) is 11.5. The van der Waals surface area contributed by atoms with Crippen LogP contribution in [-0.4, -0.2) is 50.0 Å². The molecule has 150 valence electrons. The molecule has 0 amide bonds. The van der Waals surface area contributed by atoms with Crippen LogP contribution in [-0.2, 0) is 10.0 Å². The minimum absolute atomic E-state index is 0.0186. The molecule has 1 unspecified atom stereocenters. The average Bonchev–Trinajstić information content (AvgIpc) is 3.16. The summed E-state index contributed by atoms with van der Waals surface area (Å²) in [7, 11) is -3.85. The number of halogens is 3. The van der Waals surface area contributed by atoms with Crippen LogP contribution in [0.3, 0.4) is 0 Å². The van der Waals surface area contributed by atoms with Gasteiger partial charge in [-0.1, -0.05) is 0 Å². The summed E-state index contributed by atoms with van der Waals surface area (Å²) < 4.78 is 65.6. The normalized spacial score (nSPS) is 22.2. The molecule has 2 fully saturated rings. The van der Waals surface area contributed by atoms with Gasteiger partial charge in [-0.05, 0) is 37.8 Å². The molecule has 2 aliphatic rings. The van der Waals surface area contributed by atoms with E-state index in [0.717, 1.165) is 18.9 Å². The number of piperidine rings is 1. The minimum Gasteiger partial charge on any atom is -0.365 e. The summed E-state index contributed by atoms with van der Waals surface area (Å²) in [5.41, 5.74) is -0.465. The number of nitro groups is 1. The third kappa shape index (κ3) is 4.03. The molecular weight excluding hydrogens is 387 g/mol. The highest BCUT2D eigenvalue weighted by molar-refractivity contribution is 7.89. The molecule has 2 aliphatic heterocycles. The van der Waals surface area contributed by atoms with Crippen molar-refractivity contribution in [1.82, 2.24) is 4.31 Å². The van der Waals surface area contributed by atoms with Gasteiger partial charge in [-0.15, -0.1) is 0 Å². The first-order valence-electron chi connectivity index (χ1n) is 8.71. The third-order valence-corrected chi connectivity index (χ3v) is 6.97. The number of hydrogen-bond acceptors (Lipinski definition) is 5. The van der Waals surface area contributed by atoms with Crippen LogP contribution in [0.15, 0.2) is 23.1 Å². The molecule has 0 saturated carbocycles. The van der Waals surface area contributed by atoms with Crippen molar-refractivity contribution in [1.29, 1.82) is 0 Å². The summed E-state index contributed by atoms with van der Waals surface area (Å²) in [6.07, 6.45) is -2.67. The lowest BCUT2D eigenvalue weighted by atomic mass is 9.97. The summed E-state index contributed by atoms with van der Waals surface area (Å²) in [4.78, 5) is 11.9. The van der Waals surface area contributed by atoms with E-state index in [2.05, 4.69) is 0 Å². The molecule has 1 atom stereocenters. The minimum atomic E-state index is -4.37. The van der Waals surface area contributed by atoms with Crippen LogP contribution in [0.5, 0.6) is 0 Å². The van der Waals surface area contributed by atoms with Crippen LogP contribution in [0, 0.1) is 16.0 Å². The predicted octanol–water partition coefficient (Wildman–Crippen LogP) is 3.16. The molecule has 0 spiro atoms. The van der Waals surface area contributed by atoms with Crippen LogP contribution in [0.4, 0.5) is 24.5 Å². The van der Waals surface area contributed by atoms with E-state index in [9.17, 15) is 31.7 Å². The lowest BCUT2D eigenvalue weighted by Gasteiger charge is -2.35. The Labute approximate surface area is 154 Å². The number of benzene rings is 1. The van der Waals surface area contributed by atoms with E-state index in [1.165, 1.54) is 21.3 Å². The molecule has 3 rings (SSSR count). The highest BCUT2D eigenvalue weighted by atomic mass is 32.2. The number of alkyl halides is 3. The fourth-order valence-corrected chi connectivity index (χ4v) is 5.16. The van der Waals surface area contributed by atoms with E-state index in [1.54, 1.807) is 0 Å². The average molecular weight is 407 g/mol. The summed E-state index contributed by atoms with van der Waals surface area (Å²) in [5.74, 6) is -1.56. The van der Waals surface area contributed by atoms with Crippen LogP contribution in [0.1, 0.15) is 25.7 Å². The summed E-state index contributed by atoms with van der Waals surface area (Å²) in [6.45, 7) is 0.600. The summed E-state index contributed by atoms with van der Waals surface area (Å²) >= 11 is 0. The maximum absolute atomic E-state index is 13.0. The second kappa shape index (κ2) is 7.27. The Bertz CT molecular complexity index is 823. The van der Waals surface area contributed by atoms with Crippen molar-refractivity contribution in [3.63, 3.8) is 0 Å². The van der Waals surface area contributed by atoms with Crippen LogP contribution < -0.4 is 4.90 Å². The molecular formula is C16H20F3N3O4S. The van der Waals surface area contributed by atoms with Gasteiger partial charge in [-0.2, -0.15) is 17.5 Å². The number of nitro benzene ring substituents is 1. The molecule has 0 aromatic heterocycles. The van der Waals surface area contributed by atoms with E-state index in [1.807, 2.05) is 0 Å². The Morgan fingerprint density at radius 3 is 2.37 bits per heavy atom. The van der Waals surface area contributed by atoms with Crippen molar-refractivity contribution < 1.29 is 26.5 Å². The van der Waals surface area contributed by atoms with Gasteiger partial charge in [0.1, 0.15) is 5.69 Å². The third-order valence-electron chi connectivity index (χ3n) is 5.07. The topological polar surface area (TPSA) is 83.8 Å². The van der Waals surface area contributed by atoms with E-state index in [4.69, 9.17) is 0 Å². The Kier molecular flexibility index (Phi) is 5.35. The van der Waals surface area contributed by atoms with Gasteiger partial charge in [0, 0.05) is 32.2 Å².